The highest BCUT2D eigenvalue weighted by Crippen LogP contribution is 2.20. The maximum absolute atomic E-state index is 12.3. The number of hydrazine groups is 2. The van der Waals surface area contributed by atoms with Crippen LogP contribution in [0.2, 0.25) is 0 Å². The Morgan fingerprint density at radius 2 is 2.26 bits per heavy atom. The van der Waals surface area contributed by atoms with E-state index in [-0.39, 0.29) is 11.9 Å². The van der Waals surface area contributed by atoms with Crippen molar-refractivity contribution in [1.82, 2.24) is 26.6 Å². The van der Waals surface area contributed by atoms with Gasteiger partial charge in [0, 0.05) is 31.9 Å². The van der Waals surface area contributed by atoms with Crippen LogP contribution in [0.3, 0.4) is 0 Å². The number of carbonyl (C=O) groups excluding carboxylic acids is 1. The van der Waals surface area contributed by atoms with E-state index in [1.807, 2.05) is 6.92 Å². The van der Waals surface area contributed by atoms with Gasteiger partial charge in [0.2, 0.25) is 5.91 Å². The Kier molecular flexibility index (Phi) is 5.91. The van der Waals surface area contributed by atoms with E-state index in [4.69, 9.17) is 0 Å². The van der Waals surface area contributed by atoms with Gasteiger partial charge in [0.15, 0.2) is 0 Å². The van der Waals surface area contributed by atoms with Gasteiger partial charge in [-0.3, -0.25) is 9.69 Å². The molecular weight excluding hydrogens is 310 g/mol. The van der Waals surface area contributed by atoms with Gasteiger partial charge in [-0.05, 0) is 24.5 Å². The number of thioether (sulfide) groups is 1. The lowest BCUT2D eigenvalue weighted by molar-refractivity contribution is -0.126. The van der Waals surface area contributed by atoms with Gasteiger partial charge in [0.05, 0.1) is 11.4 Å². The normalized spacial score (nSPS) is 22.6. The number of hydrogen-bond donors (Lipinski definition) is 4. The van der Waals surface area contributed by atoms with Crippen molar-refractivity contribution in [3.05, 3.63) is 35.4 Å². The van der Waals surface area contributed by atoms with E-state index in [1.165, 1.54) is 11.1 Å². The lowest BCUT2D eigenvalue weighted by Crippen LogP contribution is -2.47. The fourth-order valence-corrected chi connectivity index (χ4v) is 3.81. The van der Waals surface area contributed by atoms with E-state index < -0.39 is 0 Å². The zero-order chi connectivity index (χ0) is 16.1. The second kappa shape index (κ2) is 8.12. The molecule has 2 aliphatic rings. The fraction of sp³-hybridized carbons (Fsp3) is 0.562. The minimum atomic E-state index is -0.0821. The van der Waals surface area contributed by atoms with Crippen molar-refractivity contribution in [2.24, 2.45) is 0 Å². The lowest BCUT2D eigenvalue weighted by Gasteiger charge is -2.32. The van der Waals surface area contributed by atoms with Gasteiger partial charge in [0.25, 0.3) is 0 Å². The molecule has 3 rings (SSSR count). The molecule has 7 heteroatoms. The SMILES string of the molecule is CC(C(=O)NCCSC1CNNN1)N1CCc2ccccc2C1. The summed E-state index contributed by atoms with van der Waals surface area (Å²) in [7, 11) is 0. The average Bonchev–Trinajstić information content (AvgIpc) is 3.11. The summed E-state index contributed by atoms with van der Waals surface area (Å²) in [6.45, 7) is 5.41. The van der Waals surface area contributed by atoms with Crippen LogP contribution in [0.25, 0.3) is 0 Å². The molecule has 1 saturated heterocycles. The van der Waals surface area contributed by atoms with Gasteiger partial charge in [0.1, 0.15) is 0 Å². The zero-order valence-electron chi connectivity index (χ0n) is 13.5. The predicted molar refractivity (Wildman–Crippen MR) is 93.5 cm³/mol. The first-order valence-corrected chi connectivity index (χ1v) is 9.22. The molecule has 126 valence electrons. The van der Waals surface area contributed by atoms with Gasteiger partial charge in [-0.1, -0.05) is 24.3 Å². The molecule has 1 fully saturated rings. The molecule has 4 N–H and O–H groups in total. The van der Waals surface area contributed by atoms with E-state index in [2.05, 4.69) is 50.9 Å². The molecule has 23 heavy (non-hydrogen) atoms. The summed E-state index contributed by atoms with van der Waals surface area (Å²) in [4.78, 5) is 14.6. The summed E-state index contributed by atoms with van der Waals surface area (Å²) < 4.78 is 0. The van der Waals surface area contributed by atoms with Gasteiger partial charge >= 0.3 is 0 Å². The van der Waals surface area contributed by atoms with Crippen LogP contribution in [0.15, 0.2) is 24.3 Å². The van der Waals surface area contributed by atoms with Crippen molar-refractivity contribution >= 4 is 17.7 Å². The van der Waals surface area contributed by atoms with Crippen LogP contribution in [0.1, 0.15) is 18.1 Å². The van der Waals surface area contributed by atoms with Crippen LogP contribution in [0.4, 0.5) is 0 Å². The van der Waals surface area contributed by atoms with Crippen LogP contribution in [-0.2, 0) is 17.8 Å². The van der Waals surface area contributed by atoms with Crippen molar-refractivity contribution in [1.29, 1.82) is 0 Å². The van der Waals surface area contributed by atoms with Crippen LogP contribution in [-0.4, -0.2) is 47.6 Å². The molecule has 1 aromatic carbocycles. The van der Waals surface area contributed by atoms with Crippen LogP contribution in [0, 0.1) is 0 Å². The highest BCUT2D eigenvalue weighted by atomic mass is 32.2. The number of fused-ring (bicyclic) bond motifs is 1. The van der Waals surface area contributed by atoms with E-state index in [9.17, 15) is 4.79 Å². The molecule has 0 radical (unpaired) electrons. The fourth-order valence-electron chi connectivity index (χ4n) is 2.96. The van der Waals surface area contributed by atoms with Gasteiger partial charge in [-0.2, -0.15) is 5.53 Å². The van der Waals surface area contributed by atoms with Crippen LogP contribution in [0.5, 0.6) is 0 Å². The molecular formula is C16H25N5OS. The van der Waals surface area contributed by atoms with Gasteiger partial charge in [-0.25, -0.2) is 10.9 Å². The van der Waals surface area contributed by atoms with Crippen molar-refractivity contribution in [3.8, 4) is 0 Å². The standard InChI is InChI=1S/C16H25N5OS/c1-12(16(22)17-7-9-23-15-10-18-20-19-15)21-8-6-13-4-2-3-5-14(13)11-21/h2-5,12,15,18-20H,6-11H2,1H3,(H,17,22). The first-order valence-electron chi connectivity index (χ1n) is 8.17. The van der Waals surface area contributed by atoms with Crippen molar-refractivity contribution in [3.63, 3.8) is 0 Å². The van der Waals surface area contributed by atoms with Crippen molar-refractivity contribution in [2.75, 3.05) is 25.4 Å². The third-order valence-electron chi connectivity index (χ3n) is 4.42. The van der Waals surface area contributed by atoms with E-state index in [0.29, 0.717) is 11.9 Å². The number of amides is 1. The molecule has 2 unspecified atom stereocenters. The number of nitrogens with zero attached hydrogens (tertiary/aromatic N) is 1. The smallest absolute Gasteiger partial charge is 0.237 e. The third kappa shape index (κ3) is 4.45. The van der Waals surface area contributed by atoms with E-state index >= 15 is 0 Å². The molecule has 0 saturated carbocycles. The molecule has 6 nitrogen and oxygen atoms in total. The molecule has 0 aromatic heterocycles. The first kappa shape index (κ1) is 16.7. The van der Waals surface area contributed by atoms with Crippen molar-refractivity contribution in [2.45, 2.75) is 31.3 Å². The number of carbonyl (C=O) groups is 1. The minimum absolute atomic E-state index is 0.0821. The maximum Gasteiger partial charge on any atom is 0.237 e. The quantitative estimate of drug-likeness (QED) is 0.558. The molecule has 0 bridgehead atoms. The summed E-state index contributed by atoms with van der Waals surface area (Å²) in [5.41, 5.74) is 11.8. The second-order valence-corrected chi connectivity index (χ2v) is 7.28. The molecule has 1 aromatic rings. The minimum Gasteiger partial charge on any atom is -0.354 e. The lowest BCUT2D eigenvalue weighted by atomic mass is 9.99. The van der Waals surface area contributed by atoms with E-state index in [1.54, 1.807) is 11.8 Å². The summed E-state index contributed by atoms with van der Waals surface area (Å²) >= 11 is 1.80. The Labute approximate surface area is 141 Å². The zero-order valence-corrected chi connectivity index (χ0v) is 14.3. The Morgan fingerprint density at radius 1 is 1.43 bits per heavy atom. The average molecular weight is 335 g/mol. The van der Waals surface area contributed by atoms with E-state index in [0.717, 1.165) is 31.8 Å². The second-order valence-electron chi connectivity index (χ2n) is 5.97. The predicted octanol–water partition coefficient (Wildman–Crippen LogP) is 0.221. The Bertz CT molecular complexity index is 535. The monoisotopic (exact) mass is 335 g/mol. The van der Waals surface area contributed by atoms with Crippen molar-refractivity contribution < 1.29 is 4.79 Å². The Balaban J connectivity index is 1.41. The van der Waals surface area contributed by atoms with Crippen LogP contribution < -0.4 is 21.7 Å². The van der Waals surface area contributed by atoms with Crippen LogP contribution >= 0.6 is 11.8 Å². The molecule has 2 heterocycles. The highest BCUT2D eigenvalue weighted by Gasteiger charge is 2.24. The number of nitrogens with one attached hydrogen (secondary N) is 4. The Morgan fingerprint density at radius 3 is 3.04 bits per heavy atom. The van der Waals surface area contributed by atoms with Gasteiger partial charge < -0.3 is 5.32 Å². The van der Waals surface area contributed by atoms with Gasteiger partial charge in [-0.15, -0.1) is 11.8 Å². The Hall–Kier alpha value is -1.12. The molecule has 2 atom stereocenters. The number of hydrogen-bond acceptors (Lipinski definition) is 6. The number of rotatable bonds is 6. The summed E-state index contributed by atoms with van der Waals surface area (Å²) in [6, 6.07) is 8.44. The maximum atomic E-state index is 12.3. The summed E-state index contributed by atoms with van der Waals surface area (Å²) in [5.74, 6) is 1.03. The molecule has 2 aliphatic heterocycles. The number of benzene rings is 1. The topological polar surface area (TPSA) is 68.4 Å². The summed E-state index contributed by atoms with van der Waals surface area (Å²) in [6.07, 6.45) is 1.02. The molecule has 1 amide bonds. The molecule has 0 aliphatic carbocycles. The molecule has 0 spiro atoms. The largest absolute Gasteiger partial charge is 0.354 e. The summed E-state index contributed by atoms with van der Waals surface area (Å²) in [5, 5.41) is 3.42. The highest BCUT2D eigenvalue weighted by molar-refractivity contribution is 7.99. The first-order chi connectivity index (χ1) is 11.2. The third-order valence-corrected chi connectivity index (χ3v) is 5.54.